The molecular weight excluding hydrogens is 288 g/mol. The van der Waals surface area contributed by atoms with Crippen LogP contribution in [0.4, 0.5) is 5.69 Å². The number of carbonyl (C=O) groups is 1. The predicted molar refractivity (Wildman–Crippen MR) is 84.8 cm³/mol. The van der Waals surface area contributed by atoms with Crippen molar-refractivity contribution in [3.63, 3.8) is 0 Å². The molecule has 21 heavy (non-hydrogen) atoms. The van der Waals surface area contributed by atoms with Gasteiger partial charge in [-0.3, -0.25) is 4.79 Å². The Bertz CT molecular complexity index is 604. The highest BCUT2D eigenvalue weighted by atomic mass is 32.2. The standard InChI is InChI=1S/C15H24N2O3S/c1-15(2,3)10-11(16)8-14(18)17-12-6-5-7-13(9-12)21(4,19)20/h5-7,9,11H,8,10,16H2,1-4H3,(H,17,18). The first kappa shape index (κ1) is 17.7. The van der Waals surface area contributed by atoms with E-state index in [1.54, 1.807) is 12.1 Å². The van der Waals surface area contributed by atoms with Gasteiger partial charge in [0.25, 0.3) is 0 Å². The predicted octanol–water partition coefficient (Wildman–Crippen LogP) is 2.18. The van der Waals surface area contributed by atoms with Crippen molar-refractivity contribution in [2.45, 2.75) is 44.6 Å². The van der Waals surface area contributed by atoms with Crippen LogP contribution in [-0.2, 0) is 14.6 Å². The molecule has 0 aliphatic carbocycles. The average molecular weight is 312 g/mol. The Balaban J connectivity index is 2.68. The van der Waals surface area contributed by atoms with Crippen LogP contribution in [0.3, 0.4) is 0 Å². The van der Waals surface area contributed by atoms with Gasteiger partial charge in [0.05, 0.1) is 4.90 Å². The Morgan fingerprint density at radius 2 is 1.95 bits per heavy atom. The molecule has 0 bridgehead atoms. The molecule has 1 rings (SSSR count). The number of nitrogens with two attached hydrogens (primary N) is 1. The van der Waals surface area contributed by atoms with Crippen molar-refractivity contribution in [3.8, 4) is 0 Å². The summed E-state index contributed by atoms with van der Waals surface area (Å²) in [7, 11) is -3.28. The highest BCUT2D eigenvalue weighted by Crippen LogP contribution is 2.21. The Labute approximate surface area is 126 Å². The van der Waals surface area contributed by atoms with E-state index in [1.165, 1.54) is 12.1 Å². The Hall–Kier alpha value is -1.40. The summed E-state index contributed by atoms with van der Waals surface area (Å²) in [4.78, 5) is 12.1. The lowest BCUT2D eigenvalue weighted by molar-refractivity contribution is -0.116. The fourth-order valence-corrected chi connectivity index (χ4v) is 2.78. The Morgan fingerprint density at radius 1 is 1.33 bits per heavy atom. The number of sulfone groups is 1. The minimum absolute atomic E-state index is 0.0654. The molecule has 0 fully saturated rings. The molecule has 0 aliphatic heterocycles. The summed E-state index contributed by atoms with van der Waals surface area (Å²) in [6.07, 6.45) is 2.08. The number of anilines is 1. The second-order valence-electron chi connectivity index (χ2n) is 6.58. The first-order valence-electron chi connectivity index (χ1n) is 6.83. The van der Waals surface area contributed by atoms with Crippen LogP contribution in [0.1, 0.15) is 33.6 Å². The van der Waals surface area contributed by atoms with Crippen LogP contribution >= 0.6 is 0 Å². The second kappa shape index (κ2) is 6.58. The van der Waals surface area contributed by atoms with Crippen molar-refractivity contribution in [2.75, 3.05) is 11.6 Å². The molecule has 5 nitrogen and oxygen atoms in total. The number of amides is 1. The van der Waals surface area contributed by atoms with Crippen molar-refractivity contribution >= 4 is 21.4 Å². The van der Waals surface area contributed by atoms with Gasteiger partial charge in [-0.05, 0) is 30.0 Å². The van der Waals surface area contributed by atoms with Gasteiger partial charge in [-0.25, -0.2) is 8.42 Å². The fourth-order valence-electron chi connectivity index (χ4n) is 2.11. The number of hydrogen-bond acceptors (Lipinski definition) is 4. The van der Waals surface area contributed by atoms with Gasteiger partial charge < -0.3 is 11.1 Å². The number of hydrogen-bond donors (Lipinski definition) is 2. The molecule has 118 valence electrons. The van der Waals surface area contributed by atoms with Crippen LogP contribution < -0.4 is 11.1 Å². The fraction of sp³-hybridized carbons (Fsp3) is 0.533. The van der Waals surface area contributed by atoms with Crippen LogP contribution in [-0.4, -0.2) is 26.6 Å². The molecule has 0 saturated heterocycles. The third-order valence-electron chi connectivity index (χ3n) is 2.87. The summed E-state index contributed by atoms with van der Waals surface area (Å²) < 4.78 is 22.9. The summed E-state index contributed by atoms with van der Waals surface area (Å²) >= 11 is 0. The third-order valence-corrected chi connectivity index (χ3v) is 3.98. The lowest BCUT2D eigenvalue weighted by atomic mass is 9.87. The van der Waals surface area contributed by atoms with Gasteiger partial charge in [0.2, 0.25) is 5.91 Å². The van der Waals surface area contributed by atoms with Crippen LogP contribution in [0.25, 0.3) is 0 Å². The maximum absolute atomic E-state index is 11.9. The van der Waals surface area contributed by atoms with Crippen LogP contribution in [0, 0.1) is 5.41 Å². The monoisotopic (exact) mass is 312 g/mol. The van der Waals surface area contributed by atoms with E-state index in [4.69, 9.17) is 5.73 Å². The smallest absolute Gasteiger partial charge is 0.225 e. The minimum Gasteiger partial charge on any atom is -0.327 e. The van der Waals surface area contributed by atoms with Crippen LogP contribution in [0.15, 0.2) is 29.2 Å². The number of rotatable bonds is 5. The van der Waals surface area contributed by atoms with E-state index in [-0.39, 0.29) is 28.7 Å². The molecule has 1 unspecified atom stereocenters. The first-order valence-corrected chi connectivity index (χ1v) is 8.72. The largest absolute Gasteiger partial charge is 0.327 e. The maximum atomic E-state index is 11.9. The molecule has 6 heteroatoms. The summed E-state index contributed by atoms with van der Waals surface area (Å²) in [6, 6.07) is 5.98. The summed E-state index contributed by atoms with van der Waals surface area (Å²) in [5.74, 6) is -0.211. The molecule has 1 atom stereocenters. The van der Waals surface area contributed by atoms with Gasteiger partial charge in [-0.1, -0.05) is 26.8 Å². The number of carbonyl (C=O) groups excluding carboxylic acids is 1. The van der Waals surface area contributed by atoms with Gasteiger partial charge in [0.15, 0.2) is 9.84 Å². The van der Waals surface area contributed by atoms with E-state index in [9.17, 15) is 13.2 Å². The molecule has 3 N–H and O–H groups in total. The molecule has 0 radical (unpaired) electrons. The number of nitrogens with one attached hydrogen (secondary N) is 1. The van der Waals surface area contributed by atoms with Crippen molar-refractivity contribution in [1.82, 2.24) is 0 Å². The summed E-state index contributed by atoms with van der Waals surface area (Å²) in [6.45, 7) is 6.21. The van der Waals surface area contributed by atoms with E-state index >= 15 is 0 Å². The second-order valence-corrected chi connectivity index (χ2v) is 8.59. The van der Waals surface area contributed by atoms with Gasteiger partial charge in [-0.2, -0.15) is 0 Å². The van der Waals surface area contributed by atoms with Gasteiger partial charge in [0, 0.05) is 24.4 Å². The Kier molecular flexibility index (Phi) is 5.53. The highest BCUT2D eigenvalue weighted by molar-refractivity contribution is 7.90. The molecular formula is C15H24N2O3S. The van der Waals surface area contributed by atoms with Gasteiger partial charge in [-0.15, -0.1) is 0 Å². The van der Waals surface area contributed by atoms with Crippen LogP contribution in [0.2, 0.25) is 0 Å². The van der Waals surface area contributed by atoms with Crippen molar-refractivity contribution in [2.24, 2.45) is 11.1 Å². The topological polar surface area (TPSA) is 89.3 Å². The summed E-state index contributed by atoms with van der Waals surface area (Å²) in [5.41, 5.74) is 6.49. The zero-order valence-corrected chi connectivity index (χ0v) is 13.8. The van der Waals surface area contributed by atoms with E-state index in [2.05, 4.69) is 26.1 Å². The van der Waals surface area contributed by atoms with Crippen LogP contribution in [0.5, 0.6) is 0 Å². The Morgan fingerprint density at radius 3 is 2.48 bits per heavy atom. The molecule has 0 aliphatic rings. The van der Waals surface area contributed by atoms with E-state index < -0.39 is 9.84 Å². The highest BCUT2D eigenvalue weighted by Gasteiger charge is 2.18. The molecule has 0 spiro atoms. The first-order chi connectivity index (χ1) is 9.47. The molecule has 1 aromatic carbocycles. The maximum Gasteiger partial charge on any atom is 0.225 e. The van der Waals surface area contributed by atoms with E-state index in [1.807, 2.05) is 0 Å². The lowest BCUT2D eigenvalue weighted by Gasteiger charge is -2.22. The third kappa shape index (κ3) is 6.73. The van der Waals surface area contributed by atoms with E-state index in [0.717, 1.165) is 12.7 Å². The molecule has 1 aromatic rings. The average Bonchev–Trinajstić information content (AvgIpc) is 2.24. The molecule has 1 amide bonds. The SMILES string of the molecule is CC(C)(C)CC(N)CC(=O)Nc1cccc(S(C)(=O)=O)c1. The summed E-state index contributed by atoms with van der Waals surface area (Å²) in [5, 5.41) is 2.69. The van der Waals surface area contributed by atoms with Crippen molar-refractivity contribution < 1.29 is 13.2 Å². The molecule has 0 aromatic heterocycles. The quantitative estimate of drug-likeness (QED) is 0.872. The van der Waals surface area contributed by atoms with Gasteiger partial charge in [0.1, 0.15) is 0 Å². The minimum atomic E-state index is -3.28. The normalized spacial score (nSPS) is 13.8. The van der Waals surface area contributed by atoms with Gasteiger partial charge >= 0.3 is 0 Å². The molecule has 0 saturated carbocycles. The molecule has 0 heterocycles. The zero-order valence-electron chi connectivity index (χ0n) is 13.0. The lowest BCUT2D eigenvalue weighted by Crippen LogP contribution is -2.31. The van der Waals surface area contributed by atoms with E-state index in [0.29, 0.717) is 5.69 Å². The zero-order chi connectivity index (χ0) is 16.3. The van der Waals surface area contributed by atoms with Crippen molar-refractivity contribution in [3.05, 3.63) is 24.3 Å². The number of benzene rings is 1. The van der Waals surface area contributed by atoms with Crippen molar-refractivity contribution in [1.29, 1.82) is 0 Å².